The van der Waals surface area contributed by atoms with Crippen LogP contribution in [-0.4, -0.2) is 31.6 Å². The predicted molar refractivity (Wildman–Crippen MR) is 89.5 cm³/mol. The smallest absolute Gasteiger partial charge is 0.191 e. The van der Waals surface area contributed by atoms with Gasteiger partial charge in [0, 0.05) is 23.3 Å². The fraction of sp³-hybridized carbons (Fsp3) is 0.643. The summed E-state index contributed by atoms with van der Waals surface area (Å²) < 4.78 is 0. The van der Waals surface area contributed by atoms with Gasteiger partial charge in [-0.25, -0.2) is 0 Å². The number of nitrogens with zero attached hydrogens (tertiary/aromatic N) is 1. The van der Waals surface area contributed by atoms with Crippen molar-refractivity contribution < 1.29 is 0 Å². The number of aryl methyl sites for hydroxylation is 1. The minimum absolute atomic E-state index is 0.856. The molecule has 1 aromatic rings. The largest absolute Gasteiger partial charge is 0.356 e. The van der Waals surface area contributed by atoms with E-state index in [0.29, 0.717) is 0 Å². The van der Waals surface area contributed by atoms with E-state index in [1.807, 2.05) is 30.1 Å². The molecule has 0 amide bonds. The van der Waals surface area contributed by atoms with E-state index in [0.717, 1.165) is 25.5 Å². The van der Waals surface area contributed by atoms with Crippen LogP contribution in [0.4, 0.5) is 0 Å². The molecule has 5 heteroatoms. The van der Waals surface area contributed by atoms with Crippen molar-refractivity contribution in [3.05, 3.63) is 21.9 Å². The Morgan fingerprint density at radius 3 is 2.68 bits per heavy atom. The van der Waals surface area contributed by atoms with Crippen LogP contribution in [0.2, 0.25) is 0 Å². The fourth-order valence-electron chi connectivity index (χ4n) is 1.68. The quantitative estimate of drug-likeness (QED) is 0.440. The lowest BCUT2D eigenvalue weighted by Crippen LogP contribution is -2.37. The van der Waals surface area contributed by atoms with Crippen molar-refractivity contribution >= 4 is 29.1 Å². The Hall–Kier alpha value is -0.680. The normalized spacial score (nSPS) is 11.6. The van der Waals surface area contributed by atoms with E-state index in [4.69, 9.17) is 0 Å². The fourth-order valence-corrected chi connectivity index (χ4v) is 3.07. The van der Waals surface area contributed by atoms with Crippen LogP contribution in [0.3, 0.4) is 0 Å². The first-order valence-corrected chi connectivity index (χ1v) is 9.02. The summed E-state index contributed by atoms with van der Waals surface area (Å²) in [6.45, 7) is 4.04. The number of rotatable bonds is 8. The lowest BCUT2D eigenvalue weighted by molar-refractivity contribution is 0.734. The monoisotopic (exact) mass is 299 g/mol. The molecule has 0 aliphatic carbocycles. The van der Waals surface area contributed by atoms with E-state index in [1.165, 1.54) is 28.3 Å². The van der Waals surface area contributed by atoms with E-state index in [1.54, 1.807) is 0 Å². The minimum atomic E-state index is 0.856. The van der Waals surface area contributed by atoms with Gasteiger partial charge < -0.3 is 10.6 Å². The van der Waals surface area contributed by atoms with E-state index in [-0.39, 0.29) is 0 Å². The number of unbranched alkanes of at least 4 members (excludes halogenated alkanes) is 1. The van der Waals surface area contributed by atoms with E-state index in [9.17, 15) is 0 Å². The molecule has 1 heterocycles. The summed E-state index contributed by atoms with van der Waals surface area (Å²) >= 11 is 3.78. The second kappa shape index (κ2) is 10.1. The Bertz CT molecular complexity index is 375. The summed E-state index contributed by atoms with van der Waals surface area (Å²) in [4.78, 5) is 7.05. The highest BCUT2D eigenvalue weighted by Crippen LogP contribution is 2.16. The van der Waals surface area contributed by atoms with Crippen molar-refractivity contribution in [3.63, 3.8) is 0 Å². The van der Waals surface area contributed by atoms with Crippen molar-refractivity contribution in [1.82, 2.24) is 10.6 Å². The zero-order chi connectivity index (χ0) is 13.9. The molecule has 3 nitrogen and oxygen atoms in total. The molecular weight excluding hydrogens is 274 g/mol. The van der Waals surface area contributed by atoms with E-state index in [2.05, 4.69) is 40.9 Å². The molecular formula is C14H25N3S2. The minimum Gasteiger partial charge on any atom is -0.356 e. The zero-order valence-corrected chi connectivity index (χ0v) is 13.8. The molecule has 2 N–H and O–H groups in total. The Morgan fingerprint density at radius 1 is 1.26 bits per heavy atom. The van der Waals surface area contributed by atoms with Crippen LogP contribution in [0.25, 0.3) is 0 Å². The van der Waals surface area contributed by atoms with Crippen LogP contribution in [0.5, 0.6) is 0 Å². The Labute approximate surface area is 125 Å². The van der Waals surface area contributed by atoms with E-state index >= 15 is 0 Å². The summed E-state index contributed by atoms with van der Waals surface area (Å²) in [7, 11) is 1.82. The number of hydrogen-bond donors (Lipinski definition) is 2. The first-order valence-electron chi connectivity index (χ1n) is 6.81. The van der Waals surface area contributed by atoms with Gasteiger partial charge in [-0.3, -0.25) is 4.99 Å². The third-order valence-electron chi connectivity index (χ3n) is 2.79. The number of hydrogen-bond acceptors (Lipinski definition) is 3. The molecule has 0 aromatic carbocycles. The van der Waals surface area contributed by atoms with Gasteiger partial charge in [-0.05, 0) is 43.4 Å². The van der Waals surface area contributed by atoms with Gasteiger partial charge in [0.2, 0.25) is 0 Å². The first kappa shape index (κ1) is 16.4. The molecule has 0 bridgehead atoms. The van der Waals surface area contributed by atoms with Crippen molar-refractivity contribution in [2.24, 2.45) is 4.99 Å². The molecule has 0 unspecified atom stereocenters. The Kier molecular flexibility index (Phi) is 8.75. The number of guanidine groups is 1. The zero-order valence-electron chi connectivity index (χ0n) is 12.2. The summed E-state index contributed by atoms with van der Waals surface area (Å²) in [5.41, 5.74) is 0. The maximum absolute atomic E-state index is 4.24. The second-order valence-corrected chi connectivity index (χ2v) is 6.51. The standard InChI is InChI=1S/C14H25N3S2/c1-4-12-7-8-13(19-12)11-17-14(15-2)16-9-5-6-10-18-3/h7-8H,4-6,9-11H2,1-3H3,(H2,15,16,17). The van der Waals surface area contributed by atoms with Crippen LogP contribution in [-0.2, 0) is 13.0 Å². The molecule has 0 saturated carbocycles. The molecule has 0 aliphatic heterocycles. The highest BCUT2D eigenvalue weighted by Gasteiger charge is 2.00. The molecule has 108 valence electrons. The average molecular weight is 300 g/mol. The summed E-state index contributed by atoms with van der Waals surface area (Å²) in [5.74, 6) is 2.14. The average Bonchev–Trinajstić information content (AvgIpc) is 2.90. The summed E-state index contributed by atoms with van der Waals surface area (Å²) in [6.07, 6.45) is 5.73. The molecule has 0 radical (unpaired) electrons. The van der Waals surface area contributed by atoms with Crippen molar-refractivity contribution in [3.8, 4) is 0 Å². The van der Waals surface area contributed by atoms with Gasteiger partial charge >= 0.3 is 0 Å². The lowest BCUT2D eigenvalue weighted by atomic mass is 10.3. The van der Waals surface area contributed by atoms with Gasteiger partial charge in [0.25, 0.3) is 0 Å². The maximum atomic E-state index is 4.24. The van der Waals surface area contributed by atoms with Crippen LogP contribution in [0.1, 0.15) is 29.5 Å². The second-order valence-electron chi connectivity index (χ2n) is 4.27. The highest BCUT2D eigenvalue weighted by molar-refractivity contribution is 7.98. The molecule has 0 aliphatic rings. The van der Waals surface area contributed by atoms with Crippen molar-refractivity contribution in [1.29, 1.82) is 0 Å². The molecule has 0 spiro atoms. The lowest BCUT2D eigenvalue weighted by Gasteiger charge is -2.10. The molecule has 19 heavy (non-hydrogen) atoms. The third-order valence-corrected chi connectivity index (χ3v) is 4.71. The maximum Gasteiger partial charge on any atom is 0.191 e. The topological polar surface area (TPSA) is 36.4 Å². The molecule has 0 atom stereocenters. The van der Waals surface area contributed by atoms with Crippen LogP contribution in [0, 0.1) is 0 Å². The number of thioether (sulfide) groups is 1. The summed E-state index contributed by atoms with van der Waals surface area (Å²) in [6, 6.07) is 4.41. The SMILES string of the molecule is CCc1ccc(CNC(=NC)NCCCCSC)s1. The van der Waals surface area contributed by atoms with Gasteiger partial charge in [-0.2, -0.15) is 11.8 Å². The number of nitrogens with one attached hydrogen (secondary N) is 2. The molecule has 1 rings (SSSR count). The van der Waals surface area contributed by atoms with Crippen molar-refractivity contribution in [2.45, 2.75) is 32.7 Å². The van der Waals surface area contributed by atoms with Crippen LogP contribution in [0.15, 0.2) is 17.1 Å². The molecule has 0 saturated heterocycles. The Morgan fingerprint density at radius 2 is 2.05 bits per heavy atom. The Balaban J connectivity index is 2.21. The van der Waals surface area contributed by atoms with Gasteiger partial charge in [0.1, 0.15) is 0 Å². The van der Waals surface area contributed by atoms with Gasteiger partial charge in [0.15, 0.2) is 5.96 Å². The third kappa shape index (κ3) is 6.87. The van der Waals surface area contributed by atoms with Crippen LogP contribution >= 0.6 is 23.1 Å². The molecule has 1 aromatic heterocycles. The number of aliphatic imine (C=N–C) groups is 1. The number of thiophene rings is 1. The highest BCUT2D eigenvalue weighted by atomic mass is 32.2. The molecule has 0 fully saturated rings. The van der Waals surface area contributed by atoms with Gasteiger partial charge in [0.05, 0.1) is 6.54 Å². The van der Waals surface area contributed by atoms with Gasteiger partial charge in [-0.1, -0.05) is 6.92 Å². The first-order chi connectivity index (χ1) is 9.30. The van der Waals surface area contributed by atoms with Crippen LogP contribution < -0.4 is 10.6 Å². The van der Waals surface area contributed by atoms with Gasteiger partial charge in [-0.15, -0.1) is 11.3 Å². The summed E-state index contributed by atoms with van der Waals surface area (Å²) in [5, 5.41) is 6.71. The van der Waals surface area contributed by atoms with E-state index < -0.39 is 0 Å². The van der Waals surface area contributed by atoms with Crippen molar-refractivity contribution in [2.75, 3.05) is 25.6 Å². The predicted octanol–water partition coefficient (Wildman–Crippen LogP) is 3.12.